The molecule has 1 unspecified atom stereocenters. The predicted molar refractivity (Wildman–Crippen MR) is 97.6 cm³/mol. The maximum atomic E-state index is 13.2. The van der Waals surface area contributed by atoms with Crippen molar-refractivity contribution in [1.82, 2.24) is 0 Å². The lowest BCUT2D eigenvalue weighted by molar-refractivity contribution is -0.131. The zero-order valence-electron chi connectivity index (χ0n) is 14.9. The van der Waals surface area contributed by atoms with Crippen LogP contribution in [0.5, 0.6) is 5.75 Å². The Bertz CT molecular complexity index is 739. The topological polar surface area (TPSA) is 60.4 Å². The second kappa shape index (κ2) is 7.46. The smallest absolute Gasteiger partial charge is 0.308 e. The third-order valence-corrected chi connectivity index (χ3v) is 5.35. The van der Waals surface area contributed by atoms with Crippen LogP contribution in [0.4, 0.5) is 0 Å². The second-order valence-electron chi connectivity index (χ2n) is 7.22. The molecule has 0 saturated carbocycles. The fraction of sp³-hybridized carbons (Fsp3) is 0.526. The maximum absolute atomic E-state index is 13.2. The van der Waals surface area contributed by atoms with E-state index in [-0.39, 0.29) is 33.3 Å². The predicted octanol–water partition coefficient (Wildman–Crippen LogP) is 5.06. The van der Waals surface area contributed by atoms with Crippen molar-refractivity contribution in [3.05, 3.63) is 27.2 Å². The van der Waals surface area contributed by atoms with Crippen LogP contribution in [0.1, 0.15) is 62.9 Å². The molecule has 1 aromatic rings. The van der Waals surface area contributed by atoms with Gasteiger partial charge >= 0.3 is 5.97 Å². The maximum Gasteiger partial charge on any atom is 0.308 e. The molecule has 1 aliphatic carbocycles. The molecule has 0 fully saturated rings. The highest BCUT2D eigenvalue weighted by Gasteiger charge is 2.47. The molecule has 0 bridgehead atoms. The van der Waals surface area contributed by atoms with Gasteiger partial charge in [0, 0.05) is 24.3 Å². The van der Waals surface area contributed by atoms with Gasteiger partial charge in [0.15, 0.2) is 11.5 Å². The van der Waals surface area contributed by atoms with Gasteiger partial charge in [0.2, 0.25) is 0 Å². The van der Waals surface area contributed by atoms with E-state index in [1.54, 1.807) is 6.07 Å². The quantitative estimate of drug-likeness (QED) is 0.507. The zero-order chi connectivity index (χ0) is 18.9. The molecule has 0 aromatic heterocycles. The molecule has 0 saturated heterocycles. The molecule has 4 nitrogen and oxygen atoms in total. The minimum Gasteiger partial charge on any atom is -0.425 e. The molecule has 1 atom stereocenters. The number of carbonyl (C=O) groups excluding carboxylic acids is 3. The number of fused-ring (bicyclic) bond motifs is 1. The van der Waals surface area contributed by atoms with Crippen LogP contribution >= 0.6 is 23.2 Å². The summed E-state index contributed by atoms with van der Waals surface area (Å²) in [4.78, 5) is 36.0. The Morgan fingerprint density at radius 3 is 2.40 bits per heavy atom. The van der Waals surface area contributed by atoms with Crippen LogP contribution in [-0.4, -0.2) is 17.5 Å². The van der Waals surface area contributed by atoms with Gasteiger partial charge < -0.3 is 9.53 Å². The van der Waals surface area contributed by atoms with Crippen molar-refractivity contribution in [2.45, 2.75) is 53.4 Å². The summed E-state index contributed by atoms with van der Waals surface area (Å²) < 4.78 is 5.11. The van der Waals surface area contributed by atoms with Gasteiger partial charge in [0.1, 0.15) is 10.8 Å². The summed E-state index contributed by atoms with van der Waals surface area (Å²) >= 11 is 12.5. The van der Waals surface area contributed by atoms with E-state index in [1.165, 1.54) is 13.8 Å². The van der Waals surface area contributed by atoms with Crippen LogP contribution in [0.2, 0.25) is 10.0 Å². The largest absolute Gasteiger partial charge is 0.425 e. The van der Waals surface area contributed by atoms with Crippen LogP contribution in [0, 0.1) is 11.3 Å². The Morgan fingerprint density at radius 1 is 1.24 bits per heavy atom. The molecular formula is C19H22Cl2O4. The lowest BCUT2D eigenvalue weighted by Crippen LogP contribution is -2.30. The van der Waals surface area contributed by atoms with Crippen molar-refractivity contribution in [2.24, 2.45) is 11.3 Å². The van der Waals surface area contributed by atoms with Crippen LogP contribution in [0.15, 0.2) is 6.07 Å². The number of ketones is 2. The first kappa shape index (κ1) is 19.9. The highest BCUT2D eigenvalue weighted by Crippen LogP contribution is 2.50. The van der Waals surface area contributed by atoms with Gasteiger partial charge in [-0.2, -0.15) is 0 Å². The summed E-state index contributed by atoms with van der Waals surface area (Å²) in [5.74, 6) is -0.0763. The van der Waals surface area contributed by atoms with Crippen LogP contribution in [0.25, 0.3) is 0 Å². The normalized spacial score (nSPS) is 19.2. The number of carbonyl (C=O) groups is 3. The van der Waals surface area contributed by atoms with E-state index in [4.69, 9.17) is 27.9 Å². The van der Waals surface area contributed by atoms with Gasteiger partial charge in [-0.25, -0.2) is 0 Å². The van der Waals surface area contributed by atoms with E-state index >= 15 is 0 Å². The number of hydrogen-bond donors (Lipinski definition) is 0. The first-order chi connectivity index (χ1) is 11.6. The Balaban J connectivity index is 2.50. The number of esters is 1. The van der Waals surface area contributed by atoms with Crippen molar-refractivity contribution < 1.29 is 19.1 Å². The Labute approximate surface area is 157 Å². The lowest BCUT2D eigenvalue weighted by atomic mass is 9.73. The SMILES string of the molecule is CC(=O)CCC1(CC(C)C)Cc2cc(OC(C)=O)c(Cl)c(Cl)c2C1=O. The molecule has 0 spiro atoms. The Morgan fingerprint density at radius 2 is 1.88 bits per heavy atom. The van der Waals surface area contributed by atoms with E-state index in [1.807, 2.05) is 13.8 Å². The first-order valence-electron chi connectivity index (χ1n) is 8.31. The Hall–Kier alpha value is -1.39. The Kier molecular flexibility index (Phi) is 5.95. The lowest BCUT2D eigenvalue weighted by Gasteiger charge is -2.29. The fourth-order valence-corrected chi connectivity index (χ4v) is 4.13. The van der Waals surface area contributed by atoms with Crippen molar-refractivity contribution >= 4 is 40.7 Å². The zero-order valence-corrected chi connectivity index (χ0v) is 16.4. The van der Waals surface area contributed by atoms with Crippen LogP contribution in [0.3, 0.4) is 0 Å². The van der Waals surface area contributed by atoms with Crippen LogP contribution < -0.4 is 4.74 Å². The highest BCUT2D eigenvalue weighted by molar-refractivity contribution is 6.45. The summed E-state index contributed by atoms with van der Waals surface area (Å²) in [6.45, 7) is 6.89. The molecular weight excluding hydrogens is 363 g/mol. The third kappa shape index (κ3) is 4.06. The van der Waals surface area contributed by atoms with E-state index in [0.29, 0.717) is 31.2 Å². The number of ether oxygens (including phenoxy) is 1. The summed E-state index contributed by atoms with van der Waals surface area (Å²) in [7, 11) is 0. The summed E-state index contributed by atoms with van der Waals surface area (Å²) in [5.41, 5.74) is 0.455. The molecule has 2 rings (SSSR count). The average Bonchev–Trinajstić information content (AvgIpc) is 2.74. The van der Waals surface area contributed by atoms with Gasteiger partial charge in [0.05, 0.1) is 5.02 Å². The molecule has 0 amide bonds. The van der Waals surface area contributed by atoms with Crippen molar-refractivity contribution in [3.8, 4) is 5.75 Å². The molecule has 0 heterocycles. The van der Waals surface area contributed by atoms with Crippen molar-refractivity contribution in [1.29, 1.82) is 0 Å². The summed E-state index contributed by atoms with van der Waals surface area (Å²) in [5, 5.41) is 0.185. The van der Waals surface area contributed by atoms with E-state index in [0.717, 1.165) is 5.56 Å². The standard InChI is InChI=1S/C19H22Cl2O4/c1-10(2)8-19(6-5-11(3)22)9-13-7-14(25-12(4)23)16(20)17(21)15(13)18(19)24/h7,10H,5-6,8-9H2,1-4H3. The van der Waals surface area contributed by atoms with Gasteiger partial charge in [-0.3, -0.25) is 9.59 Å². The van der Waals surface area contributed by atoms with Gasteiger partial charge in [-0.15, -0.1) is 0 Å². The molecule has 0 aliphatic heterocycles. The van der Waals surface area contributed by atoms with Crippen molar-refractivity contribution in [2.75, 3.05) is 0 Å². The molecule has 25 heavy (non-hydrogen) atoms. The van der Waals surface area contributed by atoms with Gasteiger partial charge in [-0.05, 0) is 43.7 Å². The second-order valence-corrected chi connectivity index (χ2v) is 7.97. The molecule has 1 aliphatic rings. The number of rotatable bonds is 6. The van der Waals surface area contributed by atoms with Crippen molar-refractivity contribution in [3.63, 3.8) is 0 Å². The molecule has 0 radical (unpaired) electrons. The monoisotopic (exact) mass is 384 g/mol. The minimum atomic E-state index is -0.663. The molecule has 0 N–H and O–H groups in total. The molecule has 136 valence electrons. The van der Waals surface area contributed by atoms with E-state index in [2.05, 4.69) is 0 Å². The first-order valence-corrected chi connectivity index (χ1v) is 9.06. The minimum absolute atomic E-state index is 0.0524. The summed E-state index contributed by atoms with van der Waals surface area (Å²) in [6, 6.07) is 1.62. The number of hydrogen-bond acceptors (Lipinski definition) is 4. The number of benzene rings is 1. The van der Waals surface area contributed by atoms with Gasteiger partial charge in [-0.1, -0.05) is 37.0 Å². The van der Waals surface area contributed by atoms with E-state index in [9.17, 15) is 14.4 Å². The average molecular weight is 385 g/mol. The van der Waals surface area contributed by atoms with Gasteiger partial charge in [0.25, 0.3) is 0 Å². The van der Waals surface area contributed by atoms with E-state index < -0.39 is 11.4 Å². The molecule has 6 heteroatoms. The van der Waals surface area contributed by atoms with Crippen LogP contribution in [-0.2, 0) is 16.0 Å². The number of halogens is 2. The molecule has 1 aromatic carbocycles. The number of Topliss-reactive ketones (excluding diaryl/α,β-unsaturated/α-hetero) is 2. The summed E-state index contributed by atoms with van der Waals surface area (Å²) in [6.07, 6.45) is 1.95. The highest BCUT2D eigenvalue weighted by atomic mass is 35.5. The third-order valence-electron chi connectivity index (χ3n) is 4.50. The fourth-order valence-electron chi connectivity index (χ4n) is 3.64.